The van der Waals surface area contributed by atoms with Crippen LogP contribution in [-0.2, 0) is 52.7 Å². The number of nitrogens with zero attached hydrogens (tertiary/aromatic N) is 13. The molecule has 1 aliphatic rings. The van der Waals surface area contributed by atoms with Gasteiger partial charge in [0.2, 0.25) is 53.2 Å². The minimum Gasteiger partial charge on any atom is -0.448 e. The number of fused-ring (bicyclic) bond motifs is 3. The van der Waals surface area contributed by atoms with Crippen molar-refractivity contribution in [1.29, 1.82) is 0 Å². The Morgan fingerprint density at radius 1 is 0.432 bits per heavy atom. The van der Waals surface area contributed by atoms with Gasteiger partial charge in [-0.3, -0.25) is 47.9 Å². The summed E-state index contributed by atoms with van der Waals surface area (Å²) in [4.78, 5) is 155. The monoisotopic (exact) mass is 1030 g/mol. The van der Waals surface area contributed by atoms with Gasteiger partial charge in [-0.2, -0.15) is 0 Å². The SMILES string of the molecule is CN(CC(=O)CCCCN=[N+]=[N-])C(=O)CN(C)C(=O)CN(C)C(=O)CN(C)C(=O)CN(C)C(=O)CN(C)C(=O)CN(C)C(=O)CN(C)C(=O)CN(C)C(=O)CN(C)C(=O)OCC1c2ccccc2-c2ccccc21. The van der Waals surface area contributed by atoms with E-state index >= 15 is 0 Å². The highest BCUT2D eigenvalue weighted by Gasteiger charge is 2.31. The van der Waals surface area contributed by atoms with Gasteiger partial charge in [-0.1, -0.05) is 53.6 Å². The van der Waals surface area contributed by atoms with Crippen LogP contribution >= 0.6 is 0 Å². The van der Waals surface area contributed by atoms with Crippen LogP contribution in [0.25, 0.3) is 21.6 Å². The van der Waals surface area contributed by atoms with Gasteiger partial charge in [0.25, 0.3) is 0 Å². The Morgan fingerprint density at radius 3 is 1.03 bits per heavy atom. The van der Waals surface area contributed by atoms with Crippen LogP contribution in [-0.4, -0.2) is 263 Å². The van der Waals surface area contributed by atoms with Crippen LogP contribution in [0, 0.1) is 0 Å². The lowest BCUT2D eigenvalue weighted by Crippen LogP contribution is -2.49. The molecule has 0 atom stereocenters. The summed E-state index contributed by atoms with van der Waals surface area (Å²) in [5.74, 6) is -5.68. The highest BCUT2D eigenvalue weighted by Crippen LogP contribution is 2.44. The lowest BCUT2D eigenvalue weighted by molar-refractivity contribution is -0.146. The summed E-state index contributed by atoms with van der Waals surface area (Å²) in [6.07, 6.45) is 0.516. The Kier molecular flexibility index (Phi) is 23.5. The quantitative estimate of drug-likeness (QED) is 0.0497. The molecule has 2 aromatic carbocycles. The number of unbranched alkanes of at least 4 members (excludes halogenated alkanes) is 1. The van der Waals surface area contributed by atoms with Gasteiger partial charge in [0, 0.05) is 94.3 Å². The van der Waals surface area contributed by atoms with Crippen molar-refractivity contribution >= 4 is 65.0 Å². The smallest absolute Gasteiger partial charge is 0.409 e. The molecule has 3 rings (SSSR count). The van der Waals surface area contributed by atoms with Crippen LogP contribution in [0.3, 0.4) is 0 Å². The molecule has 0 spiro atoms. The van der Waals surface area contributed by atoms with Crippen molar-refractivity contribution in [1.82, 2.24) is 49.0 Å². The summed E-state index contributed by atoms with van der Waals surface area (Å²) in [6.45, 7) is -3.64. The number of ketones is 1. The van der Waals surface area contributed by atoms with E-state index in [0.717, 1.165) is 66.4 Å². The summed E-state index contributed by atoms with van der Waals surface area (Å²) in [7, 11) is 13.6. The molecular formula is C49H69N13O12. The van der Waals surface area contributed by atoms with Gasteiger partial charge < -0.3 is 53.7 Å². The van der Waals surface area contributed by atoms with Crippen LogP contribution in [0.2, 0.25) is 0 Å². The van der Waals surface area contributed by atoms with E-state index in [4.69, 9.17) is 10.3 Å². The van der Waals surface area contributed by atoms with Crippen LogP contribution in [0.5, 0.6) is 0 Å². The van der Waals surface area contributed by atoms with E-state index in [2.05, 4.69) is 10.0 Å². The number of ether oxygens (including phenoxy) is 1. The van der Waals surface area contributed by atoms with E-state index < -0.39 is 105 Å². The first-order valence-corrected chi connectivity index (χ1v) is 23.6. The van der Waals surface area contributed by atoms with E-state index in [1.807, 2.05) is 48.5 Å². The molecule has 0 aliphatic heterocycles. The second kappa shape index (κ2) is 28.8. The summed E-state index contributed by atoms with van der Waals surface area (Å²) >= 11 is 0. The Bertz CT molecular complexity index is 2420. The van der Waals surface area contributed by atoms with E-state index in [1.165, 1.54) is 75.4 Å². The zero-order valence-corrected chi connectivity index (χ0v) is 44.0. The predicted octanol–water partition coefficient (Wildman–Crippen LogP) is 0.0426. The van der Waals surface area contributed by atoms with Crippen LogP contribution in [0.15, 0.2) is 53.6 Å². The fraction of sp³-hybridized carbons (Fsp3) is 0.531. The largest absolute Gasteiger partial charge is 0.448 e. The Labute approximate surface area is 431 Å². The average molecular weight is 1030 g/mol. The topological polar surface area (TPSA) is 278 Å². The molecule has 2 aromatic rings. The van der Waals surface area contributed by atoms with E-state index in [1.54, 1.807) is 0 Å². The second-order valence-corrected chi connectivity index (χ2v) is 18.4. The van der Waals surface area contributed by atoms with Gasteiger partial charge >= 0.3 is 6.09 Å². The Hall–Kier alpha value is -8.08. The molecule has 0 bridgehead atoms. The predicted molar refractivity (Wildman–Crippen MR) is 269 cm³/mol. The van der Waals surface area contributed by atoms with Gasteiger partial charge in [-0.15, -0.1) is 0 Å². The maximum atomic E-state index is 13.0. The third-order valence-electron chi connectivity index (χ3n) is 12.3. The van der Waals surface area contributed by atoms with Crippen LogP contribution in [0.1, 0.15) is 36.3 Å². The molecule has 0 radical (unpaired) electrons. The highest BCUT2D eigenvalue weighted by molar-refractivity contribution is 5.94. The first-order chi connectivity index (χ1) is 34.9. The molecule has 0 aromatic heterocycles. The number of hydrogen-bond acceptors (Lipinski definition) is 13. The number of benzene rings is 2. The fourth-order valence-corrected chi connectivity index (χ4v) is 7.37. The molecule has 0 saturated carbocycles. The highest BCUT2D eigenvalue weighted by atomic mass is 16.6. The van der Waals surface area contributed by atoms with Crippen LogP contribution < -0.4 is 0 Å². The Morgan fingerprint density at radius 2 is 0.716 bits per heavy atom. The molecule has 0 fully saturated rings. The van der Waals surface area contributed by atoms with E-state index in [9.17, 15) is 52.7 Å². The third kappa shape index (κ3) is 18.2. The summed E-state index contributed by atoms with van der Waals surface area (Å²) in [5, 5.41) is 3.40. The molecule has 402 valence electrons. The maximum Gasteiger partial charge on any atom is 0.409 e. The number of rotatable bonds is 27. The van der Waals surface area contributed by atoms with Gasteiger partial charge in [-0.25, -0.2) is 4.79 Å². The number of amides is 10. The molecule has 10 amide bonds. The average Bonchev–Trinajstić information content (AvgIpc) is 3.67. The molecule has 74 heavy (non-hydrogen) atoms. The molecular weight excluding hydrogens is 963 g/mol. The molecule has 0 unspecified atom stereocenters. The zero-order chi connectivity index (χ0) is 55.4. The summed E-state index contributed by atoms with van der Waals surface area (Å²) in [6, 6.07) is 15.8. The minimum atomic E-state index is -0.714. The van der Waals surface area contributed by atoms with Crippen molar-refractivity contribution in [3.8, 4) is 11.1 Å². The van der Waals surface area contributed by atoms with Crippen molar-refractivity contribution in [2.45, 2.75) is 25.2 Å². The van der Waals surface area contributed by atoms with Gasteiger partial charge in [0.1, 0.15) is 13.2 Å². The first-order valence-electron chi connectivity index (χ1n) is 23.6. The number of Topliss-reactive ketones (excluding diaryl/α,β-unsaturated/α-hetero) is 1. The number of hydrogen-bond donors (Lipinski definition) is 0. The van der Waals surface area contributed by atoms with Crippen molar-refractivity contribution in [3.05, 3.63) is 70.1 Å². The van der Waals surface area contributed by atoms with E-state index in [0.29, 0.717) is 12.8 Å². The maximum absolute atomic E-state index is 13.0. The number of carbonyl (C=O) groups excluding carboxylic acids is 11. The van der Waals surface area contributed by atoms with Gasteiger partial charge in [0.05, 0.1) is 58.9 Å². The van der Waals surface area contributed by atoms with Crippen molar-refractivity contribution in [2.24, 2.45) is 5.11 Å². The molecule has 0 N–H and O–H groups in total. The number of likely N-dealkylation sites (N-methyl/N-ethyl adjacent to an activating group) is 10. The molecule has 25 nitrogen and oxygen atoms in total. The molecule has 0 saturated heterocycles. The Balaban J connectivity index is 1.35. The number of carbonyl (C=O) groups is 11. The molecule has 25 heteroatoms. The fourth-order valence-electron chi connectivity index (χ4n) is 7.37. The van der Waals surface area contributed by atoms with Crippen molar-refractivity contribution in [3.63, 3.8) is 0 Å². The minimum absolute atomic E-state index is 0.0659. The first kappa shape index (κ1) is 60.2. The summed E-state index contributed by atoms with van der Waals surface area (Å²) < 4.78 is 5.62. The lowest BCUT2D eigenvalue weighted by atomic mass is 9.98. The third-order valence-corrected chi connectivity index (χ3v) is 12.3. The molecule has 1 aliphatic carbocycles. The number of azide groups is 1. The zero-order valence-electron chi connectivity index (χ0n) is 44.0. The normalized spacial score (nSPS) is 11.1. The van der Waals surface area contributed by atoms with Crippen LogP contribution in [0.4, 0.5) is 4.79 Å². The van der Waals surface area contributed by atoms with E-state index in [-0.39, 0.29) is 50.9 Å². The standard InChI is InChI=1S/C49H69N13O12/c1-53(23-34(63)17-15-16-22-51-52-50)40(64)24-54(2)41(65)25-55(3)42(66)26-56(4)43(67)27-57(5)44(68)28-58(6)45(69)29-59(7)46(70)30-60(8)47(71)31-61(9)48(72)32-62(10)49(73)74-33-39-37-20-13-11-18-35(37)36-19-12-14-21-38(36)39/h11-14,18-21,39H,15-17,22-33H2,1-10H3. The summed E-state index contributed by atoms with van der Waals surface area (Å²) in [5.41, 5.74) is 12.6. The molecule has 0 heterocycles. The van der Waals surface area contributed by atoms with Crippen molar-refractivity contribution < 1.29 is 57.5 Å². The second-order valence-electron chi connectivity index (χ2n) is 18.4. The van der Waals surface area contributed by atoms with Gasteiger partial charge in [0.15, 0.2) is 5.78 Å². The van der Waals surface area contributed by atoms with Crippen molar-refractivity contribution in [2.75, 3.05) is 149 Å². The lowest BCUT2D eigenvalue weighted by Gasteiger charge is -2.27. The van der Waals surface area contributed by atoms with Gasteiger partial charge in [-0.05, 0) is 40.6 Å².